The summed E-state index contributed by atoms with van der Waals surface area (Å²) in [7, 11) is 0. The monoisotopic (exact) mass is 803 g/mol. The van der Waals surface area contributed by atoms with Gasteiger partial charge in [0, 0.05) is 11.4 Å². The number of fused-ring (bicyclic) bond motifs is 3. The van der Waals surface area contributed by atoms with Crippen molar-refractivity contribution in [3.63, 3.8) is 0 Å². The van der Waals surface area contributed by atoms with Gasteiger partial charge in [-0.1, -0.05) is 224 Å². The van der Waals surface area contributed by atoms with Crippen LogP contribution in [0.1, 0.15) is 17.5 Å². The molecule has 0 spiro atoms. The van der Waals surface area contributed by atoms with Crippen LogP contribution in [0.2, 0.25) is 0 Å². The summed E-state index contributed by atoms with van der Waals surface area (Å²) >= 11 is 0. The Hall–Kier alpha value is -8.00. The first-order valence-electron chi connectivity index (χ1n) is 21.9. The van der Waals surface area contributed by atoms with E-state index in [0.717, 1.165) is 17.8 Å². The van der Waals surface area contributed by atoms with Crippen molar-refractivity contribution in [2.45, 2.75) is 12.5 Å². The third kappa shape index (κ3) is 7.56. The predicted molar refractivity (Wildman–Crippen MR) is 269 cm³/mol. The number of hydrogen-bond donors (Lipinski definition) is 0. The van der Waals surface area contributed by atoms with E-state index in [4.69, 9.17) is 0 Å². The summed E-state index contributed by atoms with van der Waals surface area (Å²) in [6.45, 7) is 0. The summed E-state index contributed by atoms with van der Waals surface area (Å²) in [5.41, 5.74) is 17.0. The van der Waals surface area contributed by atoms with E-state index in [1.165, 1.54) is 88.3 Å². The van der Waals surface area contributed by atoms with E-state index in [1.54, 1.807) is 0 Å². The molecule has 11 rings (SSSR count). The second-order valence-corrected chi connectivity index (χ2v) is 16.4. The smallest absolute Gasteiger partial charge is 0.0566 e. The Bertz CT molecular complexity index is 3110. The molecule has 1 aliphatic carbocycles. The van der Waals surface area contributed by atoms with Crippen molar-refractivity contribution >= 4 is 44.1 Å². The van der Waals surface area contributed by atoms with Crippen molar-refractivity contribution in [2.75, 3.05) is 4.90 Å². The molecular weight excluding hydrogens is 759 g/mol. The van der Waals surface area contributed by atoms with Crippen molar-refractivity contribution in [3.8, 4) is 44.5 Å². The third-order valence-corrected chi connectivity index (χ3v) is 12.6. The molecule has 0 bridgehead atoms. The summed E-state index contributed by atoms with van der Waals surface area (Å²) in [4.78, 5) is 2.53. The Morgan fingerprint density at radius 3 is 1.14 bits per heavy atom. The molecule has 0 radical (unpaired) electrons. The fourth-order valence-electron chi connectivity index (χ4n) is 9.41. The van der Waals surface area contributed by atoms with Gasteiger partial charge in [-0.25, -0.2) is 0 Å². The van der Waals surface area contributed by atoms with Gasteiger partial charge in [-0.2, -0.15) is 0 Å². The van der Waals surface area contributed by atoms with Gasteiger partial charge in [-0.3, -0.25) is 0 Å². The first kappa shape index (κ1) is 38.0. The van der Waals surface area contributed by atoms with Crippen LogP contribution in [-0.4, -0.2) is 6.04 Å². The highest BCUT2D eigenvalue weighted by molar-refractivity contribution is 6.18. The quantitative estimate of drug-likeness (QED) is 0.131. The molecule has 1 heteroatoms. The molecule has 298 valence electrons. The number of benzene rings is 10. The first-order valence-corrected chi connectivity index (χ1v) is 21.9. The lowest BCUT2D eigenvalue weighted by Crippen LogP contribution is -2.30. The number of nitrogens with zero attached hydrogens (tertiary/aromatic N) is 1. The van der Waals surface area contributed by atoms with E-state index >= 15 is 0 Å². The molecule has 0 saturated heterocycles. The molecule has 0 saturated carbocycles. The van der Waals surface area contributed by atoms with Crippen LogP contribution < -0.4 is 4.90 Å². The average Bonchev–Trinajstić information content (AvgIpc) is 3.37. The summed E-state index contributed by atoms with van der Waals surface area (Å²) < 4.78 is 0. The van der Waals surface area contributed by atoms with Gasteiger partial charge in [0.25, 0.3) is 0 Å². The van der Waals surface area contributed by atoms with Gasteiger partial charge in [-0.05, 0) is 125 Å². The standard InChI is InChI=1S/C62H45N/c1-4-14-44(15-5-1)46-24-28-48(29-25-46)50-32-36-54(37-33-50)63(55-38-34-51(35-39-55)49-30-26-47(27-31-49)45-16-6-2-7-17-45)56-40-41-60(61(43-56)52-18-8-3-9-19-52)62-42-53-20-10-11-21-57(53)58-22-12-13-23-59(58)62/h1-39,41-43,56H,40H2. The molecule has 1 unspecified atom stereocenters. The average molecular weight is 804 g/mol. The maximum Gasteiger partial charge on any atom is 0.0566 e. The van der Waals surface area contributed by atoms with Crippen LogP contribution in [0.5, 0.6) is 0 Å². The Balaban J connectivity index is 0.990. The van der Waals surface area contributed by atoms with Crippen LogP contribution in [0.15, 0.2) is 255 Å². The van der Waals surface area contributed by atoms with E-state index in [1.807, 2.05) is 0 Å². The van der Waals surface area contributed by atoms with Crippen molar-refractivity contribution in [1.29, 1.82) is 0 Å². The van der Waals surface area contributed by atoms with Gasteiger partial charge in [-0.15, -0.1) is 0 Å². The SMILES string of the molecule is C1=C(c2ccccc2)C(c2cc3ccccc3c3ccccc23)=CCC1N(c1ccc(-c2ccc(-c3ccccc3)cc2)cc1)c1ccc(-c2ccc(-c3ccccc3)cc2)cc1. The van der Waals surface area contributed by atoms with Crippen LogP contribution in [-0.2, 0) is 0 Å². The summed E-state index contributed by atoms with van der Waals surface area (Å²) in [5.74, 6) is 0. The largest absolute Gasteiger partial charge is 0.334 e. The van der Waals surface area contributed by atoms with Gasteiger partial charge >= 0.3 is 0 Å². The lowest BCUT2D eigenvalue weighted by molar-refractivity contribution is 0.789. The highest BCUT2D eigenvalue weighted by atomic mass is 15.2. The minimum atomic E-state index is 0.0580. The van der Waals surface area contributed by atoms with E-state index in [0.29, 0.717) is 0 Å². The molecule has 0 aromatic heterocycles. The van der Waals surface area contributed by atoms with Gasteiger partial charge in [0.2, 0.25) is 0 Å². The lowest BCUT2D eigenvalue weighted by Gasteiger charge is -2.35. The predicted octanol–water partition coefficient (Wildman–Crippen LogP) is 16.7. The van der Waals surface area contributed by atoms with Crippen LogP contribution in [0.25, 0.3) is 77.2 Å². The van der Waals surface area contributed by atoms with E-state index in [9.17, 15) is 0 Å². The molecule has 0 heterocycles. The van der Waals surface area contributed by atoms with Crippen molar-refractivity contribution in [2.24, 2.45) is 0 Å². The molecule has 1 atom stereocenters. The van der Waals surface area contributed by atoms with Gasteiger partial charge < -0.3 is 4.90 Å². The summed E-state index contributed by atoms with van der Waals surface area (Å²) in [6.07, 6.45) is 5.85. The minimum Gasteiger partial charge on any atom is -0.334 e. The first-order chi connectivity index (χ1) is 31.2. The molecule has 1 aliphatic rings. The zero-order valence-electron chi connectivity index (χ0n) is 35.0. The normalized spacial score (nSPS) is 13.7. The van der Waals surface area contributed by atoms with Gasteiger partial charge in [0.1, 0.15) is 0 Å². The Labute approximate surface area is 370 Å². The van der Waals surface area contributed by atoms with E-state index in [2.05, 4.69) is 260 Å². The molecule has 0 N–H and O–H groups in total. The number of rotatable bonds is 9. The molecule has 1 nitrogen and oxygen atoms in total. The molecule has 10 aromatic carbocycles. The number of anilines is 2. The van der Waals surface area contributed by atoms with E-state index < -0.39 is 0 Å². The summed E-state index contributed by atoms with van der Waals surface area (Å²) in [5, 5.41) is 5.10. The fourth-order valence-corrected chi connectivity index (χ4v) is 9.41. The zero-order chi connectivity index (χ0) is 42.0. The Kier molecular flexibility index (Phi) is 10.1. The molecule has 0 amide bonds. The van der Waals surface area contributed by atoms with Crippen molar-refractivity contribution in [3.05, 3.63) is 266 Å². The second-order valence-electron chi connectivity index (χ2n) is 16.4. The lowest BCUT2D eigenvalue weighted by atomic mass is 9.82. The maximum atomic E-state index is 2.53. The van der Waals surface area contributed by atoms with Crippen LogP contribution >= 0.6 is 0 Å². The summed E-state index contributed by atoms with van der Waals surface area (Å²) in [6, 6.07) is 88.3. The van der Waals surface area contributed by atoms with Crippen LogP contribution in [0.3, 0.4) is 0 Å². The van der Waals surface area contributed by atoms with Gasteiger partial charge in [0.15, 0.2) is 0 Å². The highest BCUT2D eigenvalue weighted by Gasteiger charge is 2.26. The zero-order valence-corrected chi connectivity index (χ0v) is 35.0. The Morgan fingerprint density at radius 2 is 0.667 bits per heavy atom. The minimum absolute atomic E-state index is 0.0580. The third-order valence-electron chi connectivity index (χ3n) is 12.6. The molecular formula is C62H45N. The van der Waals surface area contributed by atoms with Crippen LogP contribution in [0.4, 0.5) is 11.4 Å². The molecule has 0 aliphatic heterocycles. The molecule has 0 fully saturated rings. The van der Waals surface area contributed by atoms with Crippen molar-refractivity contribution < 1.29 is 0 Å². The van der Waals surface area contributed by atoms with E-state index in [-0.39, 0.29) is 6.04 Å². The number of allylic oxidation sites excluding steroid dienone is 2. The second kappa shape index (κ2) is 16.8. The fraction of sp³-hybridized carbons (Fsp3) is 0.0323. The highest BCUT2D eigenvalue weighted by Crippen LogP contribution is 2.44. The maximum absolute atomic E-state index is 2.53. The molecule has 63 heavy (non-hydrogen) atoms. The van der Waals surface area contributed by atoms with Crippen LogP contribution in [0, 0.1) is 0 Å². The van der Waals surface area contributed by atoms with Crippen molar-refractivity contribution in [1.82, 2.24) is 0 Å². The topological polar surface area (TPSA) is 3.24 Å². The van der Waals surface area contributed by atoms with Gasteiger partial charge in [0.05, 0.1) is 6.04 Å². The number of hydrogen-bond acceptors (Lipinski definition) is 1. The Morgan fingerprint density at radius 1 is 0.302 bits per heavy atom. The molecule has 10 aromatic rings.